The molecule has 0 saturated heterocycles. The normalized spacial score (nSPS) is 13.2. The van der Waals surface area contributed by atoms with Crippen molar-refractivity contribution < 1.29 is 31.1 Å². The van der Waals surface area contributed by atoms with Crippen LogP contribution in [0.15, 0.2) is 24.4 Å². The van der Waals surface area contributed by atoms with E-state index in [-0.39, 0.29) is 17.2 Å². The van der Waals surface area contributed by atoms with E-state index in [0.717, 1.165) is 13.8 Å². The molecule has 3 aromatic rings. The van der Waals surface area contributed by atoms with Gasteiger partial charge in [0.05, 0.1) is 5.69 Å². The van der Waals surface area contributed by atoms with E-state index in [1.807, 2.05) is 0 Å². The number of alkyl halides is 6. The van der Waals surface area contributed by atoms with E-state index in [2.05, 4.69) is 20.3 Å². The van der Waals surface area contributed by atoms with E-state index in [1.54, 1.807) is 6.92 Å². The fourth-order valence-electron chi connectivity index (χ4n) is 2.28. The Hall–Kier alpha value is -2.92. The molecule has 0 bridgehead atoms. The van der Waals surface area contributed by atoms with Crippen LogP contribution < -0.4 is 4.74 Å². The SMILES string of the molecule is Cc1cc2nnc(C(F)(F)F)n2nc1-c1ccc(OC(C)(C)C(F)(F)F)nc1. The van der Waals surface area contributed by atoms with Crippen molar-refractivity contribution in [2.24, 2.45) is 0 Å². The molecule has 0 fully saturated rings. The van der Waals surface area contributed by atoms with Crippen molar-refractivity contribution in [2.75, 3.05) is 0 Å². The summed E-state index contributed by atoms with van der Waals surface area (Å²) in [6.45, 7) is 3.31. The number of ether oxygens (including phenoxy) is 1. The Balaban J connectivity index is 1.98. The van der Waals surface area contributed by atoms with Crippen LogP contribution in [-0.2, 0) is 6.18 Å². The molecule has 3 heterocycles. The maximum Gasteiger partial charge on any atom is 0.453 e. The van der Waals surface area contributed by atoms with Crippen molar-refractivity contribution in [1.29, 1.82) is 0 Å². The minimum atomic E-state index is -4.75. The van der Waals surface area contributed by atoms with Crippen molar-refractivity contribution in [2.45, 2.75) is 38.7 Å². The zero-order valence-electron chi connectivity index (χ0n) is 14.7. The molecular weight excluding hydrogens is 392 g/mol. The Bertz CT molecular complexity index is 1010. The Morgan fingerprint density at radius 2 is 1.68 bits per heavy atom. The van der Waals surface area contributed by atoms with Crippen molar-refractivity contribution in [3.8, 4) is 17.1 Å². The molecule has 3 aromatic heterocycles. The van der Waals surface area contributed by atoms with Gasteiger partial charge in [-0.15, -0.1) is 10.2 Å². The number of rotatable bonds is 3. The van der Waals surface area contributed by atoms with Crippen LogP contribution in [0, 0.1) is 6.92 Å². The third-order valence-electron chi connectivity index (χ3n) is 3.89. The van der Waals surface area contributed by atoms with Gasteiger partial charge in [0.15, 0.2) is 11.2 Å². The van der Waals surface area contributed by atoms with Gasteiger partial charge in [0, 0.05) is 17.8 Å². The van der Waals surface area contributed by atoms with Crippen LogP contribution in [0.3, 0.4) is 0 Å². The van der Waals surface area contributed by atoms with Gasteiger partial charge in [0.25, 0.3) is 5.82 Å². The van der Waals surface area contributed by atoms with Gasteiger partial charge in [-0.05, 0) is 38.5 Å². The molecule has 3 rings (SSSR count). The lowest BCUT2D eigenvalue weighted by Crippen LogP contribution is -2.44. The maximum atomic E-state index is 13.0. The van der Waals surface area contributed by atoms with Gasteiger partial charge in [0.2, 0.25) is 5.88 Å². The van der Waals surface area contributed by atoms with E-state index in [0.29, 0.717) is 15.6 Å². The first kappa shape index (κ1) is 19.8. The molecule has 0 amide bonds. The number of halogens is 6. The summed E-state index contributed by atoms with van der Waals surface area (Å²) in [6, 6.07) is 3.90. The van der Waals surface area contributed by atoms with Crippen molar-refractivity contribution in [3.05, 3.63) is 35.8 Å². The zero-order chi connectivity index (χ0) is 20.9. The number of fused-ring (bicyclic) bond motifs is 1. The van der Waals surface area contributed by atoms with Crippen LogP contribution in [-0.4, -0.2) is 36.6 Å². The van der Waals surface area contributed by atoms with E-state index in [1.165, 1.54) is 24.4 Å². The molecule has 12 heteroatoms. The summed E-state index contributed by atoms with van der Waals surface area (Å²) in [5.74, 6) is -1.58. The number of nitrogens with zero attached hydrogens (tertiary/aromatic N) is 5. The molecule has 0 saturated carbocycles. The average molecular weight is 405 g/mol. The quantitative estimate of drug-likeness (QED) is 0.610. The third kappa shape index (κ3) is 3.58. The molecule has 0 radical (unpaired) electrons. The van der Waals surface area contributed by atoms with Crippen LogP contribution in [0.4, 0.5) is 26.3 Å². The lowest BCUT2D eigenvalue weighted by Gasteiger charge is -2.28. The highest BCUT2D eigenvalue weighted by atomic mass is 19.4. The highest BCUT2D eigenvalue weighted by Gasteiger charge is 2.50. The largest absolute Gasteiger partial charge is 0.462 e. The van der Waals surface area contributed by atoms with Crippen LogP contribution in [0.5, 0.6) is 5.88 Å². The van der Waals surface area contributed by atoms with Crippen LogP contribution in [0.25, 0.3) is 16.9 Å². The van der Waals surface area contributed by atoms with E-state index in [9.17, 15) is 26.3 Å². The molecule has 0 unspecified atom stereocenters. The summed E-state index contributed by atoms with van der Waals surface area (Å²) in [7, 11) is 0. The van der Waals surface area contributed by atoms with Gasteiger partial charge in [-0.2, -0.15) is 36.0 Å². The van der Waals surface area contributed by atoms with Crippen molar-refractivity contribution in [1.82, 2.24) is 24.8 Å². The smallest absolute Gasteiger partial charge is 0.453 e. The molecule has 0 aliphatic carbocycles. The average Bonchev–Trinajstić information content (AvgIpc) is 2.96. The van der Waals surface area contributed by atoms with E-state index < -0.39 is 23.8 Å². The lowest BCUT2D eigenvalue weighted by molar-refractivity contribution is -0.235. The number of pyridine rings is 1. The fraction of sp³-hybridized carbons (Fsp3) is 0.375. The number of aromatic nitrogens is 5. The third-order valence-corrected chi connectivity index (χ3v) is 3.89. The standard InChI is InChI=1S/C16H13F6N5O/c1-8-6-10-24-25-13(15(17,18)19)27(10)26-12(8)9-4-5-11(23-7-9)28-14(2,3)16(20,21)22/h4-7H,1-3H3. The molecule has 28 heavy (non-hydrogen) atoms. The van der Waals surface area contributed by atoms with Crippen molar-refractivity contribution >= 4 is 5.65 Å². The summed E-state index contributed by atoms with van der Waals surface area (Å²) < 4.78 is 83.2. The summed E-state index contributed by atoms with van der Waals surface area (Å²) in [5, 5.41) is 10.5. The molecule has 0 spiro atoms. The summed E-state index contributed by atoms with van der Waals surface area (Å²) in [4.78, 5) is 3.81. The number of aryl methyl sites for hydroxylation is 1. The van der Waals surface area contributed by atoms with Gasteiger partial charge in [-0.1, -0.05) is 0 Å². The number of hydrogen-bond donors (Lipinski definition) is 0. The second kappa shape index (κ2) is 6.31. The first-order valence-corrected chi connectivity index (χ1v) is 7.82. The van der Waals surface area contributed by atoms with Gasteiger partial charge in [0.1, 0.15) is 0 Å². The van der Waals surface area contributed by atoms with Crippen LogP contribution >= 0.6 is 0 Å². The van der Waals surface area contributed by atoms with Crippen molar-refractivity contribution in [3.63, 3.8) is 0 Å². The minimum absolute atomic E-state index is 0.0894. The monoisotopic (exact) mass is 405 g/mol. The highest BCUT2D eigenvalue weighted by molar-refractivity contribution is 5.64. The molecule has 0 atom stereocenters. The molecule has 150 valence electrons. The Labute approximate surface area is 154 Å². The van der Waals surface area contributed by atoms with Gasteiger partial charge >= 0.3 is 12.4 Å². The number of hydrogen-bond acceptors (Lipinski definition) is 5. The molecule has 0 N–H and O–H groups in total. The van der Waals surface area contributed by atoms with Gasteiger partial charge < -0.3 is 4.74 Å². The van der Waals surface area contributed by atoms with Crippen LogP contribution in [0.2, 0.25) is 0 Å². The molecule has 0 aliphatic heterocycles. The second-order valence-corrected chi connectivity index (χ2v) is 6.46. The second-order valence-electron chi connectivity index (χ2n) is 6.46. The minimum Gasteiger partial charge on any atom is -0.462 e. The highest BCUT2D eigenvalue weighted by Crippen LogP contribution is 2.34. The molecular formula is C16H13F6N5O. The van der Waals surface area contributed by atoms with Gasteiger partial charge in [-0.25, -0.2) is 4.98 Å². The summed E-state index contributed by atoms with van der Waals surface area (Å²) >= 11 is 0. The Morgan fingerprint density at radius 3 is 2.21 bits per heavy atom. The molecule has 6 nitrogen and oxygen atoms in total. The summed E-state index contributed by atoms with van der Waals surface area (Å²) in [6.07, 6.45) is -8.20. The zero-order valence-corrected chi connectivity index (χ0v) is 14.7. The maximum absolute atomic E-state index is 13.0. The molecule has 0 aromatic carbocycles. The van der Waals surface area contributed by atoms with Crippen LogP contribution in [0.1, 0.15) is 25.2 Å². The van der Waals surface area contributed by atoms with E-state index in [4.69, 9.17) is 4.74 Å². The van der Waals surface area contributed by atoms with Gasteiger partial charge in [-0.3, -0.25) is 0 Å². The Morgan fingerprint density at radius 1 is 1.00 bits per heavy atom. The predicted molar refractivity (Wildman–Crippen MR) is 84.5 cm³/mol. The topological polar surface area (TPSA) is 65.2 Å². The first-order chi connectivity index (χ1) is 12.8. The Kier molecular flexibility index (Phi) is 4.47. The fourth-order valence-corrected chi connectivity index (χ4v) is 2.28. The lowest BCUT2D eigenvalue weighted by atomic mass is 10.1. The molecule has 0 aliphatic rings. The van der Waals surface area contributed by atoms with E-state index >= 15 is 0 Å². The summed E-state index contributed by atoms with van der Waals surface area (Å²) in [5.41, 5.74) is -1.63. The first-order valence-electron chi connectivity index (χ1n) is 7.82. The predicted octanol–water partition coefficient (Wildman–Crippen LogP) is 4.23.